The Hall–Kier alpha value is -3.28. The highest BCUT2D eigenvalue weighted by Crippen LogP contribution is 2.32. The standard InChI is InChI=1S/C22H24N2O4/c1-14(2)13-24-21(25)19(15-5-9-17(27-3)10-6-15)20(22(24)26)23-16-7-11-18(28-4)12-8-16/h5-12,14,23H,13H2,1-4H3. The maximum absolute atomic E-state index is 13.1. The van der Waals surface area contributed by atoms with Crippen molar-refractivity contribution < 1.29 is 19.1 Å². The monoisotopic (exact) mass is 380 g/mol. The molecule has 0 fully saturated rings. The van der Waals surface area contributed by atoms with Gasteiger partial charge in [-0.3, -0.25) is 14.5 Å². The van der Waals surface area contributed by atoms with Gasteiger partial charge in [0.25, 0.3) is 11.8 Å². The lowest BCUT2D eigenvalue weighted by molar-refractivity contribution is -0.137. The Morgan fingerprint density at radius 1 is 0.857 bits per heavy atom. The molecule has 6 heteroatoms. The highest BCUT2D eigenvalue weighted by Gasteiger charge is 2.39. The highest BCUT2D eigenvalue weighted by molar-refractivity contribution is 6.36. The molecule has 0 unspecified atom stereocenters. The van der Waals surface area contributed by atoms with Crippen LogP contribution in [-0.2, 0) is 9.59 Å². The van der Waals surface area contributed by atoms with Crippen LogP contribution in [0.2, 0.25) is 0 Å². The van der Waals surface area contributed by atoms with Gasteiger partial charge in [0, 0.05) is 12.2 Å². The van der Waals surface area contributed by atoms with Gasteiger partial charge in [0.1, 0.15) is 17.2 Å². The third-order valence-electron chi connectivity index (χ3n) is 4.45. The lowest BCUT2D eigenvalue weighted by Crippen LogP contribution is -2.35. The lowest BCUT2D eigenvalue weighted by Gasteiger charge is -2.17. The molecule has 0 spiro atoms. The minimum absolute atomic E-state index is 0.172. The van der Waals surface area contributed by atoms with Crippen LogP contribution in [-0.4, -0.2) is 37.5 Å². The molecule has 0 radical (unpaired) electrons. The van der Waals surface area contributed by atoms with Gasteiger partial charge in [-0.1, -0.05) is 26.0 Å². The van der Waals surface area contributed by atoms with Crippen LogP contribution in [0.3, 0.4) is 0 Å². The number of imide groups is 1. The lowest BCUT2D eigenvalue weighted by atomic mass is 10.0. The average Bonchev–Trinajstić information content (AvgIpc) is 2.92. The molecule has 0 aromatic heterocycles. The molecule has 2 aromatic carbocycles. The van der Waals surface area contributed by atoms with E-state index in [9.17, 15) is 9.59 Å². The number of hydrogen-bond acceptors (Lipinski definition) is 5. The molecule has 0 atom stereocenters. The Labute approximate surface area is 164 Å². The third kappa shape index (κ3) is 3.86. The van der Waals surface area contributed by atoms with Gasteiger partial charge in [-0.25, -0.2) is 0 Å². The molecule has 0 saturated carbocycles. The highest BCUT2D eigenvalue weighted by atomic mass is 16.5. The van der Waals surface area contributed by atoms with Crippen molar-refractivity contribution in [1.29, 1.82) is 0 Å². The number of hydrogen-bond donors (Lipinski definition) is 1. The van der Waals surface area contributed by atoms with Gasteiger partial charge >= 0.3 is 0 Å². The third-order valence-corrected chi connectivity index (χ3v) is 4.45. The number of carbonyl (C=O) groups is 2. The van der Waals surface area contributed by atoms with Crippen LogP contribution < -0.4 is 14.8 Å². The van der Waals surface area contributed by atoms with Gasteiger partial charge in [0.2, 0.25) is 0 Å². The molecule has 2 aromatic rings. The van der Waals surface area contributed by atoms with E-state index in [4.69, 9.17) is 9.47 Å². The maximum Gasteiger partial charge on any atom is 0.278 e. The molecular weight excluding hydrogens is 356 g/mol. The SMILES string of the molecule is COc1ccc(NC2=C(c3ccc(OC)cc3)C(=O)N(CC(C)C)C2=O)cc1. The normalized spacial score (nSPS) is 14.1. The summed E-state index contributed by atoms with van der Waals surface area (Å²) in [5, 5.41) is 3.13. The molecule has 146 valence electrons. The van der Waals surface area contributed by atoms with Crippen molar-refractivity contribution in [3.8, 4) is 11.5 Å². The quantitative estimate of drug-likeness (QED) is 0.744. The van der Waals surface area contributed by atoms with Crippen molar-refractivity contribution in [3.63, 3.8) is 0 Å². The van der Waals surface area contributed by atoms with Gasteiger partial charge in [-0.15, -0.1) is 0 Å². The molecule has 1 heterocycles. The fourth-order valence-corrected chi connectivity index (χ4v) is 3.07. The second kappa shape index (κ2) is 8.17. The minimum atomic E-state index is -0.319. The van der Waals surface area contributed by atoms with Crippen LogP contribution in [0.4, 0.5) is 5.69 Å². The Bertz CT molecular complexity index is 899. The van der Waals surface area contributed by atoms with Crippen molar-refractivity contribution in [1.82, 2.24) is 4.90 Å². The summed E-state index contributed by atoms with van der Waals surface area (Å²) >= 11 is 0. The van der Waals surface area contributed by atoms with Gasteiger partial charge < -0.3 is 14.8 Å². The molecule has 0 aliphatic carbocycles. The summed E-state index contributed by atoms with van der Waals surface area (Å²) in [5.74, 6) is 0.959. The largest absolute Gasteiger partial charge is 0.497 e. The predicted octanol–water partition coefficient (Wildman–Crippen LogP) is 3.55. The number of methoxy groups -OCH3 is 2. The smallest absolute Gasteiger partial charge is 0.278 e. The first kappa shape index (κ1) is 19.5. The number of ether oxygens (including phenoxy) is 2. The molecule has 3 rings (SSSR count). The van der Waals surface area contributed by atoms with Crippen LogP contribution >= 0.6 is 0 Å². The fourth-order valence-electron chi connectivity index (χ4n) is 3.07. The molecule has 6 nitrogen and oxygen atoms in total. The summed E-state index contributed by atoms with van der Waals surface area (Å²) in [6, 6.07) is 14.3. The zero-order valence-electron chi connectivity index (χ0n) is 16.5. The number of rotatable bonds is 7. The Morgan fingerprint density at radius 3 is 1.89 bits per heavy atom. The van der Waals surface area contributed by atoms with E-state index in [0.717, 1.165) is 0 Å². The van der Waals surface area contributed by atoms with Crippen molar-refractivity contribution in [2.75, 3.05) is 26.1 Å². The Balaban J connectivity index is 2.02. The molecule has 1 aliphatic rings. The van der Waals surface area contributed by atoms with Gasteiger partial charge in [0.05, 0.1) is 19.8 Å². The van der Waals surface area contributed by atoms with Crippen LogP contribution in [0.5, 0.6) is 11.5 Å². The second-order valence-electron chi connectivity index (χ2n) is 6.95. The van der Waals surface area contributed by atoms with E-state index in [0.29, 0.717) is 34.9 Å². The number of benzene rings is 2. The summed E-state index contributed by atoms with van der Waals surface area (Å²) < 4.78 is 10.4. The topological polar surface area (TPSA) is 67.9 Å². The van der Waals surface area contributed by atoms with E-state index in [-0.39, 0.29) is 23.4 Å². The van der Waals surface area contributed by atoms with E-state index in [1.807, 2.05) is 13.8 Å². The second-order valence-corrected chi connectivity index (χ2v) is 6.95. The maximum atomic E-state index is 13.1. The summed E-state index contributed by atoms with van der Waals surface area (Å²) in [6.45, 7) is 4.32. The molecule has 1 aliphatic heterocycles. The van der Waals surface area contributed by atoms with Crippen LogP contribution in [0, 0.1) is 5.92 Å². The zero-order valence-corrected chi connectivity index (χ0v) is 16.5. The molecule has 28 heavy (non-hydrogen) atoms. The molecule has 0 saturated heterocycles. The van der Waals surface area contributed by atoms with Gasteiger partial charge in [0.15, 0.2) is 0 Å². The van der Waals surface area contributed by atoms with Gasteiger partial charge in [-0.2, -0.15) is 0 Å². The number of nitrogens with zero attached hydrogens (tertiary/aromatic N) is 1. The molecule has 2 amide bonds. The Kier molecular flexibility index (Phi) is 5.68. The molecule has 0 bridgehead atoms. The first-order chi connectivity index (χ1) is 13.4. The van der Waals surface area contributed by atoms with Crippen LogP contribution in [0.25, 0.3) is 5.57 Å². The summed E-state index contributed by atoms with van der Waals surface area (Å²) in [7, 11) is 3.18. The van der Waals surface area contributed by atoms with E-state index in [2.05, 4.69) is 5.32 Å². The van der Waals surface area contributed by atoms with E-state index < -0.39 is 0 Å². The number of amides is 2. The van der Waals surface area contributed by atoms with Crippen molar-refractivity contribution in [2.24, 2.45) is 5.92 Å². The first-order valence-electron chi connectivity index (χ1n) is 9.10. The molecular formula is C22H24N2O4. The summed E-state index contributed by atoms with van der Waals surface area (Å²) in [6.07, 6.45) is 0. The van der Waals surface area contributed by atoms with Crippen molar-refractivity contribution in [2.45, 2.75) is 13.8 Å². The van der Waals surface area contributed by atoms with Crippen molar-refractivity contribution in [3.05, 3.63) is 59.8 Å². The predicted molar refractivity (Wildman–Crippen MR) is 108 cm³/mol. The van der Waals surface area contributed by atoms with Crippen LogP contribution in [0.15, 0.2) is 54.2 Å². The fraction of sp³-hybridized carbons (Fsp3) is 0.273. The van der Waals surface area contributed by atoms with Crippen molar-refractivity contribution >= 4 is 23.1 Å². The Morgan fingerprint density at radius 2 is 1.39 bits per heavy atom. The number of carbonyl (C=O) groups excluding carboxylic acids is 2. The van der Waals surface area contributed by atoms with E-state index >= 15 is 0 Å². The minimum Gasteiger partial charge on any atom is -0.497 e. The zero-order chi connectivity index (χ0) is 20.3. The number of anilines is 1. The van der Waals surface area contributed by atoms with Gasteiger partial charge in [-0.05, 0) is 47.9 Å². The summed E-state index contributed by atoms with van der Waals surface area (Å²) in [4.78, 5) is 27.4. The first-order valence-corrected chi connectivity index (χ1v) is 9.10. The van der Waals surface area contributed by atoms with Crippen LogP contribution in [0.1, 0.15) is 19.4 Å². The van der Waals surface area contributed by atoms with E-state index in [1.165, 1.54) is 4.90 Å². The average molecular weight is 380 g/mol. The van der Waals surface area contributed by atoms with E-state index in [1.54, 1.807) is 62.8 Å². The molecule has 1 N–H and O–H groups in total. The summed E-state index contributed by atoms with van der Waals surface area (Å²) in [5.41, 5.74) is 2.01. The number of nitrogens with one attached hydrogen (secondary N) is 1.